The number of rotatable bonds is 4. The van der Waals surface area contributed by atoms with Crippen LogP contribution in [0.25, 0.3) is 0 Å². The molecule has 1 saturated heterocycles. The van der Waals surface area contributed by atoms with Gasteiger partial charge in [-0.25, -0.2) is 9.78 Å². The third-order valence-electron chi connectivity index (χ3n) is 3.03. The summed E-state index contributed by atoms with van der Waals surface area (Å²) in [5.41, 5.74) is -0.0145. The maximum atomic E-state index is 12.0. The van der Waals surface area contributed by atoms with Crippen molar-refractivity contribution in [3.05, 3.63) is 22.8 Å². The first kappa shape index (κ1) is 15.8. The molecule has 1 unspecified atom stereocenters. The molecule has 2 rings (SSSR count). The van der Waals surface area contributed by atoms with Crippen LogP contribution in [0.1, 0.15) is 23.7 Å². The van der Waals surface area contributed by atoms with Crippen LogP contribution in [0.4, 0.5) is 5.82 Å². The lowest BCUT2D eigenvalue weighted by Crippen LogP contribution is -2.26. The van der Waals surface area contributed by atoms with Gasteiger partial charge in [-0.05, 0) is 18.1 Å². The first-order valence-electron chi connectivity index (χ1n) is 6.21. The van der Waals surface area contributed by atoms with E-state index in [0.29, 0.717) is 18.7 Å². The van der Waals surface area contributed by atoms with Crippen molar-refractivity contribution in [1.82, 2.24) is 4.98 Å². The Labute approximate surface area is 130 Å². The minimum Gasteiger partial charge on any atom is -0.478 e. The van der Waals surface area contributed by atoms with Crippen molar-refractivity contribution in [2.45, 2.75) is 13.3 Å². The third kappa shape index (κ3) is 3.95. The van der Waals surface area contributed by atoms with E-state index in [9.17, 15) is 14.4 Å². The summed E-state index contributed by atoms with van der Waals surface area (Å²) >= 11 is 6.98. The Morgan fingerprint density at radius 1 is 1.52 bits per heavy atom. The van der Waals surface area contributed by atoms with Gasteiger partial charge in [-0.2, -0.15) is 0 Å². The van der Waals surface area contributed by atoms with Gasteiger partial charge in [0, 0.05) is 25.6 Å². The number of aromatic nitrogens is 1. The number of aromatic carboxylic acids is 1. The van der Waals surface area contributed by atoms with E-state index in [-0.39, 0.29) is 33.5 Å². The lowest BCUT2D eigenvalue weighted by molar-refractivity contribution is -0.117. The monoisotopic (exact) mass is 328 g/mol. The smallest absolute Gasteiger partial charge is 0.335 e. The van der Waals surface area contributed by atoms with Gasteiger partial charge in [0.15, 0.2) is 5.12 Å². The number of anilines is 1. The molecular weight excluding hydrogens is 316 g/mol. The summed E-state index contributed by atoms with van der Waals surface area (Å²) in [5, 5.41) is 9.05. The molecule has 2 heterocycles. The molecule has 6 nitrogen and oxygen atoms in total. The topological polar surface area (TPSA) is 87.6 Å². The molecule has 0 aromatic carbocycles. The molecule has 112 valence electrons. The van der Waals surface area contributed by atoms with E-state index in [0.717, 1.165) is 0 Å². The quantitative estimate of drug-likeness (QED) is 0.851. The molecule has 1 aliphatic rings. The Kier molecular flexibility index (Phi) is 4.84. The van der Waals surface area contributed by atoms with E-state index in [1.165, 1.54) is 35.7 Å². The predicted molar refractivity (Wildman–Crippen MR) is 79.8 cm³/mol. The number of amides is 1. The van der Waals surface area contributed by atoms with Crippen LogP contribution < -0.4 is 4.90 Å². The Hall–Kier alpha value is -1.60. The maximum Gasteiger partial charge on any atom is 0.335 e. The molecule has 0 bridgehead atoms. The van der Waals surface area contributed by atoms with Crippen LogP contribution in [0.5, 0.6) is 0 Å². The maximum absolute atomic E-state index is 12.0. The Bertz CT molecular complexity index is 608. The zero-order chi connectivity index (χ0) is 15.6. The van der Waals surface area contributed by atoms with Crippen LogP contribution in [-0.4, -0.2) is 39.4 Å². The summed E-state index contributed by atoms with van der Waals surface area (Å²) in [7, 11) is 0. The normalized spacial score (nSPS) is 18.1. The third-order valence-corrected chi connectivity index (χ3v) is 4.27. The largest absolute Gasteiger partial charge is 0.478 e. The molecule has 8 heteroatoms. The molecule has 0 radical (unpaired) electrons. The van der Waals surface area contributed by atoms with Crippen molar-refractivity contribution in [1.29, 1.82) is 0 Å². The highest BCUT2D eigenvalue weighted by Gasteiger charge is 2.32. The van der Waals surface area contributed by atoms with Crippen LogP contribution in [0.3, 0.4) is 0 Å². The van der Waals surface area contributed by atoms with E-state index in [1.54, 1.807) is 0 Å². The van der Waals surface area contributed by atoms with Crippen molar-refractivity contribution in [2.24, 2.45) is 5.92 Å². The number of pyridine rings is 1. The van der Waals surface area contributed by atoms with Crippen molar-refractivity contribution in [3.8, 4) is 0 Å². The van der Waals surface area contributed by atoms with Gasteiger partial charge in [0.05, 0.1) is 5.56 Å². The highest BCUT2D eigenvalue weighted by Crippen LogP contribution is 2.28. The molecule has 0 spiro atoms. The molecule has 1 aromatic heterocycles. The highest BCUT2D eigenvalue weighted by molar-refractivity contribution is 8.13. The average molecular weight is 329 g/mol. The molecule has 1 fully saturated rings. The molecule has 0 saturated carbocycles. The number of hydrogen-bond donors (Lipinski definition) is 1. The summed E-state index contributed by atoms with van der Waals surface area (Å²) in [6.45, 7) is 1.89. The van der Waals surface area contributed by atoms with Gasteiger partial charge in [-0.1, -0.05) is 23.4 Å². The zero-order valence-corrected chi connectivity index (χ0v) is 12.8. The van der Waals surface area contributed by atoms with Gasteiger partial charge < -0.3 is 5.11 Å². The lowest BCUT2D eigenvalue weighted by atomic mass is 10.1. The molecule has 1 amide bonds. The van der Waals surface area contributed by atoms with Crippen LogP contribution in [0.15, 0.2) is 12.1 Å². The minimum absolute atomic E-state index is 0.00921. The molecule has 1 aliphatic heterocycles. The molecule has 0 aliphatic carbocycles. The van der Waals surface area contributed by atoms with Crippen molar-refractivity contribution in [2.75, 3.05) is 17.2 Å². The Balaban J connectivity index is 2.17. The molecule has 21 heavy (non-hydrogen) atoms. The number of carboxylic acids is 1. The second-order valence-corrected chi connectivity index (χ2v) is 6.30. The van der Waals surface area contributed by atoms with Crippen molar-refractivity contribution < 1.29 is 19.5 Å². The summed E-state index contributed by atoms with van der Waals surface area (Å²) in [5.74, 6) is -0.434. The fraction of sp³-hybridized carbons (Fsp3) is 0.385. The van der Waals surface area contributed by atoms with Crippen LogP contribution in [-0.2, 0) is 9.59 Å². The summed E-state index contributed by atoms with van der Waals surface area (Å²) in [6, 6.07) is 2.56. The van der Waals surface area contributed by atoms with Crippen LogP contribution in [0.2, 0.25) is 5.15 Å². The van der Waals surface area contributed by atoms with Crippen molar-refractivity contribution in [3.63, 3.8) is 0 Å². The number of carboxylic acid groups (broad SMARTS) is 1. The number of hydrogen-bond acceptors (Lipinski definition) is 5. The van der Waals surface area contributed by atoms with E-state index in [4.69, 9.17) is 16.7 Å². The van der Waals surface area contributed by atoms with Gasteiger partial charge in [0.2, 0.25) is 5.91 Å². The number of thioether (sulfide) groups is 1. The lowest BCUT2D eigenvalue weighted by Gasteiger charge is -2.16. The second kappa shape index (κ2) is 6.44. The molecular formula is C13H13ClN2O4S. The summed E-state index contributed by atoms with van der Waals surface area (Å²) < 4.78 is 0. The number of carbonyl (C=O) groups is 3. The summed E-state index contributed by atoms with van der Waals surface area (Å²) in [6.07, 6.45) is 0.316. The van der Waals surface area contributed by atoms with E-state index in [2.05, 4.69) is 4.98 Å². The van der Waals surface area contributed by atoms with Gasteiger partial charge in [-0.15, -0.1) is 0 Å². The number of carbonyl (C=O) groups excluding carboxylic acids is 2. The summed E-state index contributed by atoms with van der Waals surface area (Å²) in [4.78, 5) is 39.4. The number of halogens is 1. The number of nitrogens with zero attached hydrogens (tertiary/aromatic N) is 2. The molecule has 1 N–H and O–H groups in total. The molecule has 1 aromatic rings. The fourth-order valence-electron chi connectivity index (χ4n) is 2.09. The van der Waals surface area contributed by atoms with Crippen LogP contribution in [0, 0.1) is 5.92 Å². The SMILES string of the molecule is CC(=O)SCC1CC(=O)N(c2cc(C(=O)O)cc(Cl)n2)C1. The highest BCUT2D eigenvalue weighted by atomic mass is 35.5. The van der Waals surface area contributed by atoms with E-state index in [1.807, 2.05) is 0 Å². The van der Waals surface area contributed by atoms with E-state index < -0.39 is 5.97 Å². The van der Waals surface area contributed by atoms with Gasteiger partial charge >= 0.3 is 5.97 Å². The first-order chi connectivity index (χ1) is 9.86. The van der Waals surface area contributed by atoms with Gasteiger partial charge in [0.25, 0.3) is 0 Å². The standard InChI is InChI=1S/C13H13ClN2O4S/c1-7(17)21-6-8-2-12(18)16(5-8)11-4-9(13(19)20)3-10(14)15-11/h3-4,8H,2,5-6H2,1H3,(H,19,20). The fourth-order valence-corrected chi connectivity index (χ4v) is 2.99. The van der Waals surface area contributed by atoms with Gasteiger partial charge in [0.1, 0.15) is 11.0 Å². The predicted octanol–water partition coefficient (Wildman–Crippen LogP) is 2.07. The van der Waals surface area contributed by atoms with Gasteiger partial charge in [-0.3, -0.25) is 14.5 Å². The molecule has 1 atom stereocenters. The Morgan fingerprint density at radius 2 is 2.24 bits per heavy atom. The average Bonchev–Trinajstić information content (AvgIpc) is 2.77. The minimum atomic E-state index is -1.13. The van der Waals surface area contributed by atoms with Crippen LogP contribution >= 0.6 is 23.4 Å². The first-order valence-corrected chi connectivity index (χ1v) is 7.57. The van der Waals surface area contributed by atoms with Crippen molar-refractivity contribution >= 4 is 46.2 Å². The Morgan fingerprint density at radius 3 is 2.86 bits per heavy atom. The second-order valence-electron chi connectivity index (χ2n) is 4.72. The zero-order valence-electron chi connectivity index (χ0n) is 11.2. The van der Waals surface area contributed by atoms with E-state index >= 15 is 0 Å².